The number of fused-ring (bicyclic) bond motifs is 12. The summed E-state index contributed by atoms with van der Waals surface area (Å²) in [5, 5.41) is 0. The van der Waals surface area contributed by atoms with Crippen LogP contribution in [-0.2, 0) is 23.7 Å². The van der Waals surface area contributed by atoms with Gasteiger partial charge in [0.2, 0.25) is 0 Å². The summed E-state index contributed by atoms with van der Waals surface area (Å²) in [4.78, 5) is 2.56. The number of hydrogen-bond acceptors (Lipinski definition) is 1. The Morgan fingerprint density at radius 1 is 0.386 bits per heavy atom. The van der Waals surface area contributed by atoms with Crippen molar-refractivity contribution in [3.05, 3.63) is 232 Å². The molecular weight excluding hydrogens is 687 g/mol. The van der Waals surface area contributed by atoms with Crippen molar-refractivity contribution in [3.63, 3.8) is 0 Å². The van der Waals surface area contributed by atoms with Crippen molar-refractivity contribution in [3.8, 4) is 33.4 Å². The van der Waals surface area contributed by atoms with Gasteiger partial charge in [0.05, 0.1) is 11.1 Å². The van der Waals surface area contributed by atoms with Gasteiger partial charge in [0.15, 0.2) is 0 Å². The summed E-state index contributed by atoms with van der Waals surface area (Å²) < 4.78 is 0. The fraction of sp³-hybridized carbons (Fsp3) is 0.143. The van der Waals surface area contributed by atoms with E-state index in [2.05, 4.69) is 209 Å². The Morgan fingerprint density at radius 2 is 0.842 bits per heavy atom. The molecule has 0 bridgehead atoms. The summed E-state index contributed by atoms with van der Waals surface area (Å²) >= 11 is 0. The molecule has 3 aliphatic rings. The van der Waals surface area contributed by atoms with Gasteiger partial charge in [-0.15, -0.1) is 0 Å². The van der Waals surface area contributed by atoms with Crippen LogP contribution in [-0.4, -0.2) is 0 Å². The van der Waals surface area contributed by atoms with Crippen LogP contribution in [0.25, 0.3) is 33.4 Å². The Morgan fingerprint density at radius 3 is 1.46 bits per heavy atom. The molecule has 8 aromatic rings. The number of benzene rings is 8. The Balaban J connectivity index is 1.20. The van der Waals surface area contributed by atoms with Crippen molar-refractivity contribution < 1.29 is 0 Å². The second kappa shape index (κ2) is 12.5. The summed E-state index contributed by atoms with van der Waals surface area (Å²) in [7, 11) is 0. The van der Waals surface area contributed by atoms with E-state index >= 15 is 0 Å². The minimum Gasteiger partial charge on any atom is -0.310 e. The van der Waals surface area contributed by atoms with Crippen LogP contribution in [0, 0.1) is 13.8 Å². The third kappa shape index (κ3) is 4.82. The Hall–Kier alpha value is -6.44. The molecule has 0 unspecified atom stereocenters. The molecule has 0 aromatic heterocycles. The van der Waals surface area contributed by atoms with E-state index in [1.54, 1.807) is 0 Å². The van der Waals surface area contributed by atoms with Crippen LogP contribution in [0.3, 0.4) is 0 Å². The molecule has 0 atom stereocenters. The van der Waals surface area contributed by atoms with Crippen LogP contribution < -0.4 is 4.90 Å². The van der Waals surface area contributed by atoms with Gasteiger partial charge in [0.1, 0.15) is 0 Å². The lowest BCUT2D eigenvalue weighted by Crippen LogP contribution is -2.30. The third-order valence-electron chi connectivity index (χ3n) is 13.4. The van der Waals surface area contributed by atoms with Crippen LogP contribution in [0.15, 0.2) is 176 Å². The maximum absolute atomic E-state index is 2.56. The van der Waals surface area contributed by atoms with Crippen molar-refractivity contribution in [2.75, 3.05) is 4.90 Å². The first-order valence-electron chi connectivity index (χ1n) is 20.5. The molecule has 1 heteroatoms. The second-order valence-corrected chi connectivity index (χ2v) is 16.9. The van der Waals surface area contributed by atoms with E-state index in [0.29, 0.717) is 0 Å². The van der Waals surface area contributed by atoms with Crippen LogP contribution in [0.5, 0.6) is 0 Å². The fourth-order valence-corrected chi connectivity index (χ4v) is 11.0. The van der Waals surface area contributed by atoms with E-state index in [-0.39, 0.29) is 5.41 Å². The highest BCUT2D eigenvalue weighted by atomic mass is 15.1. The molecule has 0 saturated carbocycles. The molecule has 0 aliphatic heterocycles. The number of aryl methyl sites for hydroxylation is 4. The third-order valence-corrected chi connectivity index (χ3v) is 13.4. The monoisotopic (exact) mass is 731 g/mol. The van der Waals surface area contributed by atoms with Crippen molar-refractivity contribution >= 4 is 17.1 Å². The maximum atomic E-state index is 2.56. The highest BCUT2D eigenvalue weighted by Crippen LogP contribution is 2.60. The zero-order chi connectivity index (χ0) is 38.5. The van der Waals surface area contributed by atoms with Gasteiger partial charge < -0.3 is 4.90 Å². The Kier molecular flexibility index (Phi) is 7.45. The average Bonchev–Trinajstić information content (AvgIpc) is 3.59. The van der Waals surface area contributed by atoms with Gasteiger partial charge in [0.25, 0.3) is 0 Å². The van der Waals surface area contributed by atoms with Gasteiger partial charge in [0, 0.05) is 16.8 Å². The van der Waals surface area contributed by atoms with Crippen molar-refractivity contribution in [1.29, 1.82) is 0 Å². The Bertz CT molecular complexity index is 2840. The first kappa shape index (κ1) is 33.9. The predicted octanol–water partition coefficient (Wildman–Crippen LogP) is 14.2. The number of nitrogens with zero attached hydrogens (tertiary/aromatic N) is 1. The van der Waals surface area contributed by atoms with Gasteiger partial charge in [-0.1, -0.05) is 153 Å². The predicted molar refractivity (Wildman–Crippen MR) is 238 cm³/mol. The molecule has 0 amide bonds. The lowest BCUT2D eigenvalue weighted by Gasteiger charge is -2.36. The normalized spacial score (nSPS) is 14.8. The van der Waals surface area contributed by atoms with E-state index in [4.69, 9.17) is 0 Å². The molecule has 57 heavy (non-hydrogen) atoms. The number of rotatable bonds is 4. The van der Waals surface area contributed by atoms with E-state index in [1.165, 1.54) is 106 Å². The van der Waals surface area contributed by atoms with Crippen molar-refractivity contribution in [2.45, 2.75) is 51.4 Å². The standard InChI is InChI=1S/C56H45N/c1-36-32-41(38-16-6-5-7-17-38)33-37(2)54(36)57(42-28-30-46-44-20-10-14-24-50(44)55(3,4)52(46)34-42)43-29-31-47-45-21-11-15-25-51(45)56(53(47)35-43)48-22-12-8-18-39(48)26-27-40-19-9-13-23-49(40)56/h5-25,28-35H,26-27H2,1-4H3. The molecule has 1 nitrogen and oxygen atoms in total. The van der Waals surface area contributed by atoms with Gasteiger partial charge in [-0.3, -0.25) is 0 Å². The van der Waals surface area contributed by atoms with Gasteiger partial charge >= 0.3 is 0 Å². The molecule has 8 aromatic carbocycles. The molecule has 0 radical (unpaired) electrons. The second-order valence-electron chi connectivity index (χ2n) is 16.9. The van der Waals surface area contributed by atoms with E-state index in [1.807, 2.05) is 0 Å². The minimum atomic E-state index is -0.444. The largest absolute Gasteiger partial charge is 0.310 e. The average molecular weight is 732 g/mol. The summed E-state index contributed by atoms with van der Waals surface area (Å²) in [6.45, 7) is 9.34. The molecule has 0 fully saturated rings. The van der Waals surface area contributed by atoms with Crippen LogP contribution in [0.2, 0.25) is 0 Å². The summed E-state index contributed by atoms with van der Waals surface area (Å²) in [5.41, 5.74) is 24.5. The van der Waals surface area contributed by atoms with Crippen LogP contribution in [0.1, 0.15) is 69.5 Å². The lowest BCUT2D eigenvalue weighted by atomic mass is 9.66. The van der Waals surface area contributed by atoms with Crippen LogP contribution >= 0.6 is 0 Å². The van der Waals surface area contributed by atoms with Gasteiger partial charge in [-0.05, 0) is 152 Å². The molecular formula is C56H45N. The number of hydrogen-bond donors (Lipinski definition) is 0. The smallest absolute Gasteiger partial charge is 0.0719 e. The quantitative estimate of drug-likeness (QED) is 0.174. The maximum Gasteiger partial charge on any atom is 0.0719 e. The number of anilines is 3. The zero-order valence-corrected chi connectivity index (χ0v) is 33.1. The van der Waals surface area contributed by atoms with Crippen molar-refractivity contribution in [2.24, 2.45) is 0 Å². The summed E-state index contributed by atoms with van der Waals surface area (Å²) in [6.07, 6.45) is 2.05. The molecule has 0 N–H and O–H groups in total. The zero-order valence-electron chi connectivity index (χ0n) is 33.1. The Labute approximate surface area is 336 Å². The van der Waals surface area contributed by atoms with E-state index in [9.17, 15) is 0 Å². The minimum absolute atomic E-state index is 0.119. The molecule has 3 aliphatic carbocycles. The highest BCUT2D eigenvalue weighted by Gasteiger charge is 2.49. The molecule has 0 saturated heterocycles. The SMILES string of the molecule is Cc1cc(-c2ccccc2)cc(C)c1N(c1ccc2c(c1)C(C)(C)c1ccccc1-2)c1ccc2c(c1)C1(c3ccccc3CCc3ccccc31)c1ccccc1-2. The molecule has 0 heterocycles. The molecule has 274 valence electrons. The van der Waals surface area contributed by atoms with Gasteiger partial charge in [-0.2, -0.15) is 0 Å². The van der Waals surface area contributed by atoms with E-state index in [0.717, 1.165) is 12.8 Å². The first-order valence-corrected chi connectivity index (χ1v) is 20.5. The highest BCUT2D eigenvalue weighted by molar-refractivity contribution is 5.92. The van der Waals surface area contributed by atoms with E-state index < -0.39 is 5.41 Å². The topological polar surface area (TPSA) is 3.24 Å². The van der Waals surface area contributed by atoms with Crippen LogP contribution in [0.4, 0.5) is 17.1 Å². The summed E-state index contributed by atoms with van der Waals surface area (Å²) in [6, 6.07) is 66.7. The van der Waals surface area contributed by atoms with Gasteiger partial charge in [-0.25, -0.2) is 0 Å². The fourth-order valence-electron chi connectivity index (χ4n) is 11.0. The molecule has 11 rings (SSSR count). The first-order chi connectivity index (χ1) is 27.9. The molecule has 1 spiro atoms. The van der Waals surface area contributed by atoms with Crippen molar-refractivity contribution in [1.82, 2.24) is 0 Å². The summed E-state index contributed by atoms with van der Waals surface area (Å²) in [5.74, 6) is 0. The lowest BCUT2D eigenvalue weighted by molar-refractivity contribution is 0.660.